The van der Waals surface area contributed by atoms with Gasteiger partial charge in [0.05, 0.1) is 11.1 Å². The Kier molecular flexibility index (Phi) is 9.07. The summed E-state index contributed by atoms with van der Waals surface area (Å²) in [6, 6.07) is 20.5. The standard InChI is InChI=1S/C39H38B14N4O/c40-18-14-15-19(41)22(44)25(47)28(50)33(15)57(32(14)27(49)24(46)21(18)43)34-17-13-16(20(42)23(45)30(52)35(13)58-36(17)31(53)26(48)29(34)51)39-55-37(11-7-3-1-4-8-11)54-38(56-39)12-9-5-2-6-10-12/h1-10H,40-53H2. The third-order valence-corrected chi connectivity index (χ3v) is 14.2. The van der Waals surface area contributed by atoms with Crippen LogP contribution in [0.5, 0.6) is 0 Å². The molecule has 3 aromatic heterocycles. The van der Waals surface area contributed by atoms with Crippen molar-refractivity contribution in [3.05, 3.63) is 60.7 Å². The second kappa shape index (κ2) is 13.7. The Morgan fingerprint density at radius 1 is 0.345 bits per heavy atom. The summed E-state index contributed by atoms with van der Waals surface area (Å²) in [4.78, 5) is 15.8. The number of benzene rings is 6. The molecule has 5 nitrogen and oxygen atoms in total. The number of aromatic nitrogens is 4. The van der Waals surface area contributed by atoms with E-state index in [1.807, 2.05) is 36.4 Å². The molecule has 0 radical (unpaired) electrons. The quantitative estimate of drug-likeness (QED) is 0.169. The normalized spacial score (nSPS) is 11.7. The zero-order valence-electron chi connectivity index (χ0n) is 36.5. The van der Waals surface area contributed by atoms with Crippen molar-refractivity contribution in [3.8, 4) is 39.9 Å². The smallest absolute Gasteiger partial charge is 0.164 e. The summed E-state index contributed by atoms with van der Waals surface area (Å²) in [6.45, 7) is 0. The van der Waals surface area contributed by atoms with Crippen LogP contribution in [0.15, 0.2) is 65.1 Å². The van der Waals surface area contributed by atoms with E-state index in [1.165, 1.54) is 81.9 Å². The highest BCUT2D eigenvalue weighted by molar-refractivity contribution is 6.72. The minimum atomic E-state index is 0.641. The molecule has 0 spiro atoms. The first-order valence-corrected chi connectivity index (χ1v) is 20.5. The van der Waals surface area contributed by atoms with Crippen molar-refractivity contribution in [1.82, 2.24) is 19.5 Å². The summed E-state index contributed by atoms with van der Waals surface area (Å²) in [5.41, 5.74) is 26.1. The van der Waals surface area contributed by atoms with E-state index in [-0.39, 0.29) is 0 Å². The van der Waals surface area contributed by atoms with E-state index < -0.39 is 0 Å². The topological polar surface area (TPSA) is 56.7 Å². The summed E-state index contributed by atoms with van der Waals surface area (Å²) >= 11 is 0. The lowest BCUT2D eigenvalue weighted by atomic mass is 9.63. The molecule has 0 amide bonds. The van der Waals surface area contributed by atoms with Gasteiger partial charge in [-0.2, -0.15) is 0 Å². The van der Waals surface area contributed by atoms with Crippen LogP contribution in [-0.2, 0) is 0 Å². The minimum Gasteiger partial charge on any atom is -0.457 e. The molecule has 19 heteroatoms. The van der Waals surface area contributed by atoms with E-state index in [9.17, 15) is 0 Å². The molecule has 0 fully saturated rings. The van der Waals surface area contributed by atoms with Gasteiger partial charge in [-0.15, -0.1) is 10.9 Å². The monoisotopic (exact) mass is 732 g/mol. The Labute approximate surface area is 352 Å². The molecule has 9 aromatic rings. The van der Waals surface area contributed by atoms with Gasteiger partial charge in [0.1, 0.15) is 121 Å². The number of hydrogen-bond acceptors (Lipinski definition) is 4. The molecular formula is C39H38B14N4O. The molecule has 3 heterocycles. The van der Waals surface area contributed by atoms with E-state index in [4.69, 9.17) is 19.4 Å². The van der Waals surface area contributed by atoms with Crippen molar-refractivity contribution in [3.63, 3.8) is 0 Å². The fraction of sp³-hybridized carbons (Fsp3) is 0. The molecule has 0 bridgehead atoms. The lowest BCUT2D eigenvalue weighted by Gasteiger charge is -2.22. The van der Waals surface area contributed by atoms with Crippen molar-refractivity contribution >= 4 is 230 Å². The van der Waals surface area contributed by atoms with Gasteiger partial charge in [0, 0.05) is 33.1 Å². The van der Waals surface area contributed by atoms with Crippen LogP contribution < -0.4 is 76.5 Å². The number of furan rings is 1. The van der Waals surface area contributed by atoms with Crippen molar-refractivity contribution in [2.24, 2.45) is 0 Å². The van der Waals surface area contributed by atoms with Gasteiger partial charge in [-0.25, -0.2) is 15.0 Å². The molecular weight excluding hydrogens is 692 g/mol. The molecule has 0 unspecified atom stereocenters. The molecule has 58 heavy (non-hydrogen) atoms. The van der Waals surface area contributed by atoms with E-state index in [1.54, 1.807) is 0 Å². The predicted molar refractivity (Wildman–Crippen MR) is 292 cm³/mol. The van der Waals surface area contributed by atoms with E-state index >= 15 is 0 Å². The van der Waals surface area contributed by atoms with E-state index in [0.717, 1.165) is 60.7 Å². The first-order valence-electron chi connectivity index (χ1n) is 20.5. The van der Waals surface area contributed by atoms with Gasteiger partial charge in [-0.3, -0.25) is 0 Å². The third-order valence-electron chi connectivity index (χ3n) is 14.2. The summed E-state index contributed by atoms with van der Waals surface area (Å²) in [7, 11) is 31.8. The molecule has 0 aliphatic carbocycles. The first-order chi connectivity index (χ1) is 27.6. The van der Waals surface area contributed by atoms with Gasteiger partial charge >= 0.3 is 0 Å². The van der Waals surface area contributed by atoms with Crippen molar-refractivity contribution < 1.29 is 4.42 Å². The maximum absolute atomic E-state index is 7.25. The van der Waals surface area contributed by atoms with Gasteiger partial charge in [0.15, 0.2) is 17.5 Å². The number of rotatable bonds is 4. The van der Waals surface area contributed by atoms with Crippen LogP contribution in [0.3, 0.4) is 0 Å². The van der Waals surface area contributed by atoms with Crippen LogP contribution in [0, 0.1) is 0 Å². The number of nitrogens with zero attached hydrogens (tertiary/aromatic N) is 4. The molecule has 0 N–H and O–H groups in total. The highest BCUT2D eigenvalue weighted by Gasteiger charge is 2.30. The Balaban J connectivity index is 1.56. The van der Waals surface area contributed by atoms with Gasteiger partial charge in [-0.1, -0.05) is 126 Å². The van der Waals surface area contributed by atoms with Crippen LogP contribution in [0.1, 0.15) is 0 Å². The molecule has 6 aromatic carbocycles. The maximum Gasteiger partial charge on any atom is 0.164 e. The molecule has 0 saturated carbocycles. The van der Waals surface area contributed by atoms with Gasteiger partial charge in [0.2, 0.25) is 0 Å². The maximum atomic E-state index is 7.25. The zero-order chi connectivity index (χ0) is 41.2. The van der Waals surface area contributed by atoms with Crippen LogP contribution in [0.4, 0.5) is 0 Å². The Morgan fingerprint density at radius 2 is 0.724 bits per heavy atom. The fourth-order valence-electron chi connectivity index (χ4n) is 9.64. The molecule has 0 aliphatic heterocycles. The average Bonchev–Trinajstić information content (AvgIpc) is 3.80. The van der Waals surface area contributed by atoms with Crippen molar-refractivity contribution in [2.75, 3.05) is 0 Å². The Morgan fingerprint density at radius 3 is 1.19 bits per heavy atom. The van der Waals surface area contributed by atoms with Gasteiger partial charge < -0.3 is 8.98 Å². The molecule has 0 saturated heterocycles. The second-order valence-electron chi connectivity index (χ2n) is 16.8. The van der Waals surface area contributed by atoms with Crippen molar-refractivity contribution in [2.45, 2.75) is 0 Å². The fourth-order valence-corrected chi connectivity index (χ4v) is 9.64. The first kappa shape index (κ1) is 38.4. The van der Waals surface area contributed by atoms with Crippen molar-refractivity contribution in [1.29, 1.82) is 0 Å². The van der Waals surface area contributed by atoms with Crippen LogP contribution in [-0.4, -0.2) is 129 Å². The van der Waals surface area contributed by atoms with Gasteiger partial charge in [-0.05, 0) is 10.8 Å². The Hall–Kier alpha value is -5.16. The lowest BCUT2D eigenvalue weighted by Crippen LogP contribution is -2.49. The van der Waals surface area contributed by atoms with Crippen LogP contribution in [0.25, 0.3) is 83.6 Å². The van der Waals surface area contributed by atoms with E-state index in [0.29, 0.717) is 17.5 Å². The minimum absolute atomic E-state index is 0.641. The van der Waals surface area contributed by atoms with Gasteiger partial charge in [0.25, 0.3) is 0 Å². The molecule has 0 atom stereocenters. The highest BCUT2D eigenvalue weighted by Crippen LogP contribution is 2.38. The zero-order valence-corrected chi connectivity index (χ0v) is 36.5. The van der Waals surface area contributed by atoms with E-state index in [2.05, 4.69) is 139 Å². The second-order valence-corrected chi connectivity index (χ2v) is 16.8. The SMILES string of the molecule is Bc1c(B)c(-c2nc(-c3ccccc3)nc(-c3ccccc3)n2)c2c(oc3c(B)c(B)c(B)c(-n4c5c(B)c(B)c(B)c(B)c5c5c(B)c(B)c(B)c(B)c54)c32)c1B. The molecule has 9 rings (SSSR count). The third kappa shape index (κ3) is 5.27. The Bertz CT molecular complexity index is 3140. The lowest BCUT2D eigenvalue weighted by molar-refractivity contribution is 0.674. The predicted octanol–water partition coefficient (Wildman–Crippen LogP) is -14.5. The summed E-state index contributed by atoms with van der Waals surface area (Å²) in [6.07, 6.45) is 0. The summed E-state index contributed by atoms with van der Waals surface area (Å²) in [5, 5.41) is 4.84. The summed E-state index contributed by atoms with van der Waals surface area (Å²) < 4.78 is 9.87. The van der Waals surface area contributed by atoms with Crippen LogP contribution in [0.2, 0.25) is 0 Å². The highest BCUT2D eigenvalue weighted by atomic mass is 16.3. The molecule has 0 aliphatic rings. The number of hydrogen-bond donors (Lipinski definition) is 0. The summed E-state index contributed by atoms with van der Waals surface area (Å²) in [5.74, 6) is 1.92. The molecule has 262 valence electrons. The average molecular weight is 730 g/mol. The van der Waals surface area contributed by atoms with Crippen LogP contribution >= 0.6 is 0 Å². The largest absolute Gasteiger partial charge is 0.457 e. The number of fused-ring (bicyclic) bond motifs is 6.